The van der Waals surface area contributed by atoms with Crippen molar-refractivity contribution in [3.8, 4) is 0 Å². The van der Waals surface area contributed by atoms with Gasteiger partial charge in [-0.3, -0.25) is 14.9 Å². The smallest absolute Gasteiger partial charge is 0.270 e. The Balaban J connectivity index is 2.68. The number of nitrogens with zero attached hydrogens (tertiary/aromatic N) is 1. The van der Waals surface area contributed by atoms with Crippen molar-refractivity contribution in [2.24, 2.45) is 5.41 Å². The quantitative estimate of drug-likeness (QED) is 0.645. The molecule has 0 bridgehead atoms. The summed E-state index contributed by atoms with van der Waals surface area (Å²) in [5, 5.41) is 23.3. The van der Waals surface area contributed by atoms with Gasteiger partial charge in [0.1, 0.15) is 0 Å². The predicted octanol–water partition coefficient (Wildman–Crippen LogP) is 2.78. The molecule has 0 saturated carbocycles. The molecule has 1 unspecified atom stereocenters. The summed E-state index contributed by atoms with van der Waals surface area (Å²) in [6, 6.07) is 3.69. The summed E-state index contributed by atoms with van der Waals surface area (Å²) in [5.74, 6) is -0.496. The highest BCUT2D eigenvalue weighted by Gasteiger charge is 2.22. The zero-order valence-electron chi connectivity index (χ0n) is 12.2. The topological polar surface area (TPSA) is 92.5 Å². The van der Waals surface area contributed by atoms with Gasteiger partial charge in [-0.05, 0) is 17.9 Å². The van der Waals surface area contributed by atoms with Crippen LogP contribution in [0.1, 0.15) is 37.6 Å². The Morgan fingerprint density at radius 1 is 1.48 bits per heavy atom. The minimum absolute atomic E-state index is 0.0520. The number of nitro benzene ring substituents is 1. The summed E-state index contributed by atoms with van der Waals surface area (Å²) in [7, 11) is 0. The molecule has 1 aromatic carbocycles. The molecule has 1 amide bonds. The van der Waals surface area contributed by atoms with E-state index in [9.17, 15) is 20.0 Å². The van der Waals surface area contributed by atoms with E-state index >= 15 is 0 Å². The van der Waals surface area contributed by atoms with Crippen molar-refractivity contribution in [3.05, 3.63) is 38.9 Å². The molecule has 0 aliphatic rings. The van der Waals surface area contributed by atoms with Crippen LogP contribution in [0.15, 0.2) is 18.2 Å². The molecule has 1 rings (SSSR count). The average Bonchev–Trinajstić information content (AvgIpc) is 2.37. The lowest BCUT2D eigenvalue weighted by atomic mass is 9.87. The van der Waals surface area contributed by atoms with E-state index in [-0.39, 0.29) is 28.2 Å². The largest absolute Gasteiger partial charge is 0.393 e. The second-order valence-electron chi connectivity index (χ2n) is 5.85. The van der Waals surface area contributed by atoms with Crippen molar-refractivity contribution in [3.63, 3.8) is 0 Å². The Bertz CT molecular complexity index is 540. The van der Waals surface area contributed by atoms with Crippen LogP contribution in [0.2, 0.25) is 5.02 Å². The molecule has 0 fully saturated rings. The fraction of sp³-hybridized carbons (Fsp3) is 0.500. The minimum atomic E-state index is -0.587. The monoisotopic (exact) mass is 314 g/mol. The van der Waals surface area contributed by atoms with Gasteiger partial charge in [0.05, 0.1) is 21.6 Å². The summed E-state index contributed by atoms with van der Waals surface area (Å²) in [6.07, 6.45) is -0.166. The molecule has 1 atom stereocenters. The summed E-state index contributed by atoms with van der Waals surface area (Å²) in [5.41, 5.74) is -0.413. The van der Waals surface area contributed by atoms with Crippen LogP contribution < -0.4 is 5.32 Å². The van der Waals surface area contributed by atoms with Crippen LogP contribution in [0.3, 0.4) is 0 Å². The molecular weight excluding hydrogens is 296 g/mol. The number of non-ortho nitro benzene ring substituents is 1. The van der Waals surface area contributed by atoms with Gasteiger partial charge < -0.3 is 10.4 Å². The first-order valence-corrected chi connectivity index (χ1v) is 6.91. The molecule has 0 aliphatic heterocycles. The predicted molar refractivity (Wildman–Crippen MR) is 80.5 cm³/mol. The molecule has 0 aromatic heterocycles. The zero-order valence-corrected chi connectivity index (χ0v) is 13.0. The number of aliphatic hydroxyl groups is 1. The van der Waals surface area contributed by atoms with Crippen LogP contribution >= 0.6 is 11.6 Å². The third kappa shape index (κ3) is 4.99. The summed E-state index contributed by atoms with van der Waals surface area (Å²) < 4.78 is 0. The van der Waals surface area contributed by atoms with Gasteiger partial charge >= 0.3 is 0 Å². The molecule has 0 aliphatic carbocycles. The molecule has 6 nitrogen and oxygen atoms in total. The minimum Gasteiger partial charge on any atom is -0.393 e. The molecule has 1 aromatic rings. The first-order chi connectivity index (χ1) is 9.62. The van der Waals surface area contributed by atoms with Crippen LogP contribution in [0, 0.1) is 15.5 Å². The number of hydrogen-bond acceptors (Lipinski definition) is 4. The van der Waals surface area contributed by atoms with Crippen molar-refractivity contribution >= 4 is 23.2 Å². The van der Waals surface area contributed by atoms with Gasteiger partial charge in [0, 0.05) is 18.7 Å². The molecule has 7 heteroatoms. The maximum atomic E-state index is 12.0. The number of carbonyl (C=O) groups is 1. The number of amides is 1. The molecular formula is C14H19ClN2O4. The Morgan fingerprint density at radius 2 is 2.10 bits per heavy atom. The van der Waals surface area contributed by atoms with Gasteiger partial charge in [-0.25, -0.2) is 0 Å². The fourth-order valence-electron chi connectivity index (χ4n) is 1.65. The first-order valence-electron chi connectivity index (χ1n) is 6.53. The maximum absolute atomic E-state index is 12.0. The van der Waals surface area contributed by atoms with Crippen molar-refractivity contribution in [1.82, 2.24) is 5.32 Å². The van der Waals surface area contributed by atoms with Crippen LogP contribution in [0.25, 0.3) is 0 Å². The lowest BCUT2D eigenvalue weighted by molar-refractivity contribution is -0.384. The van der Waals surface area contributed by atoms with Crippen molar-refractivity contribution in [2.75, 3.05) is 6.54 Å². The third-order valence-electron chi connectivity index (χ3n) is 3.11. The van der Waals surface area contributed by atoms with E-state index in [1.165, 1.54) is 12.1 Å². The van der Waals surface area contributed by atoms with Crippen LogP contribution in [-0.4, -0.2) is 28.6 Å². The fourth-order valence-corrected chi connectivity index (χ4v) is 1.85. The second kappa shape index (κ2) is 6.87. The summed E-state index contributed by atoms with van der Waals surface area (Å²) in [6.45, 7) is 5.96. The SMILES string of the molecule is CC(C)(C)C(O)CCNC(=O)c1cc([N+](=O)[O-])ccc1Cl. The number of carbonyl (C=O) groups excluding carboxylic acids is 1. The van der Waals surface area contributed by atoms with Gasteiger partial charge in [0.25, 0.3) is 11.6 Å². The molecule has 2 N–H and O–H groups in total. The number of nitrogens with one attached hydrogen (secondary N) is 1. The van der Waals surface area contributed by atoms with Gasteiger partial charge in [-0.15, -0.1) is 0 Å². The van der Waals surface area contributed by atoms with Crippen LogP contribution in [0.5, 0.6) is 0 Å². The standard InChI is InChI=1S/C14H19ClN2O4/c1-14(2,3)12(18)6-7-16-13(19)10-8-9(17(20)21)4-5-11(10)15/h4-5,8,12,18H,6-7H2,1-3H3,(H,16,19). The van der Waals surface area contributed by atoms with E-state index in [0.717, 1.165) is 6.07 Å². The number of nitro groups is 1. The number of hydrogen-bond donors (Lipinski definition) is 2. The molecule has 0 saturated heterocycles. The van der Waals surface area contributed by atoms with Crippen molar-refractivity contribution in [2.45, 2.75) is 33.3 Å². The summed E-state index contributed by atoms with van der Waals surface area (Å²) in [4.78, 5) is 22.1. The van der Waals surface area contributed by atoms with Crippen LogP contribution in [0.4, 0.5) is 5.69 Å². The van der Waals surface area contributed by atoms with Crippen molar-refractivity contribution < 1.29 is 14.8 Å². The van der Waals surface area contributed by atoms with Crippen molar-refractivity contribution in [1.29, 1.82) is 0 Å². The Kier molecular flexibility index (Phi) is 5.69. The molecule has 0 heterocycles. The second-order valence-corrected chi connectivity index (χ2v) is 6.25. The summed E-state index contributed by atoms with van der Waals surface area (Å²) >= 11 is 5.88. The van der Waals surface area contributed by atoms with E-state index < -0.39 is 16.9 Å². The number of halogens is 1. The molecule has 116 valence electrons. The molecule has 21 heavy (non-hydrogen) atoms. The van der Waals surface area contributed by atoms with Gasteiger partial charge in [0.15, 0.2) is 0 Å². The van der Waals surface area contributed by atoms with Gasteiger partial charge in [-0.1, -0.05) is 32.4 Å². The van der Waals surface area contributed by atoms with E-state index in [0.29, 0.717) is 6.42 Å². The zero-order chi connectivity index (χ0) is 16.2. The lowest BCUT2D eigenvalue weighted by Crippen LogP contribution is -2.32. The number of aliphatic hydroxyl groups excluding tert-OH is 1. The maximum Gasteiger partial charge on any atom is 0.270 e. The highest BCUT2D eigenvalue weighted by Crippen LogP contribution is 2.23. The highest BCUT2D eigenvalue weighted by molar-refractivity contribution is 6.33. The number of rotatable bonds is 5. The van der Waals surface area contributed by atoms with E-state index in [1.54, 1.807) is 0 Å². The van der Waals surface area contributed by atoms with Gasteiger partial charge in [-0.2, -0.15) is 0 Å². The lowest BCUT2D eigenvalue weighted by Gasteiger charge is -2.25. The van der Waals surface area contributed by atoms with E-state index in [1.807, 2.05) is 20.8 Å². The Morgan fingerprint density at radius 3 is 2.62 bits per heavy atom. The number of benzene rings is 1. The van der Waals surface area contributed by atoms with Gasteiger partial charge in [0.2, 0.25) is 0 Å². The van der Waals surface area contributed by atoms with E-state index in [4.69, 9.17) is 11.6 Å². The highest BCUT2D eigenvalue weighted by atomic mass is 35.5. The molecule has 0 spiro atoms. The Hall–Kier alpha value is -1.66. The van der Waals surface area contributed by atoms with E-state index in [2.05, 4.69) is 5.32 Å². The molecule has 0 radical (unpaired) electrons. The average molecular weight is 315 g/mol. The first kappa shape index (κ1) is 17.4. The normalized spacial score (nSPS) is 12.8. The third-order valence-corrected chi connectivity index (χ3v) is 3.44. The van der Waals surface area contributed by atoms with Crippen LogP contribution in [-0.2, 0) is 0 Å². The Labute approximate surface area is 128 Å².